The first-order chi connectivity index (χ1) is 5.95. The van der Waals surface area contributed by atoms with Gasteiger partial charge in [0.15, 0.2) is 0 Å². The van der Waals surface area contributed by atoms with Gasteiger partial charge >= 0.3 is 0 Å². The Kier molecular flexibility index (Phi) is 2.72. The molecule has 0 unspecified atom stereocenters. The molecule has 0 aliphatic rings. The van der Waals surface area contributed by atoms with E-state index in [2.05, 4.69) is 22.0 Å². The summed E-state index contributed by atoms with van der Waals surface area (Å²) in [5, 5.41) is 8.84. The lowest BCUT2D eigenvalue weighted by molar-refractivity contribution is 0.611. The second-order valence-corrected chi connectivity index (χ2v) is 4.31. The lowest BCUT2D eigenvalue weighted by atomic mass is 9.86. The average molecular weight is 242 g/mol. The third-order valence-corrected chi connectivity index (χ3v) is 2.32. The molecule has 0 fully saturated rings. The third-order valence-electron chi connectivity index (χ3n) is 1.86. The lowest BCUT2D eigenvalue weighted by Gasteiger charge is -2.15. The predicted octanol–water partition coefficient (Wildman–Crippen LogP) is 3.39. The van der Waals surface area contributed by atoms with Gasteiger partial charge in [-0.05, 0) is 37.6 Å². The Morgan fingerprint density at radius 1 is 1.38 bits per heavy atom. The standard InChI is InChI=1S/C10H9BrFN/c1-10(2,6-13)7-3-8(11)5-9(12)4-7/h3-5H,1-2H3. The van der Waals surface area contributed by atoms with Crippen molar-refractivity contribution < 1.29 is 4.39 Å². The predicted molar refractivity (Wildman–Crippen MR) is 52.7 cm³/mol. The van der Waals surface area contributed by atoms with Gasteiger partial charge in [-0.2, -0.15) is 5.26 Å². The summed E-state index contributed by atoms with van der Waals surface area (Å²) < 4.78 is 13.6. The van der Waals surface area contributed by atoms with E-state index in [1.807, 2.05) is 0 Å². The molecule has 0 amide bonds. The Labute approximate surface area is 85.3 Å². The molecule has 0 aliphatic carbocycles. The van der Waals surface area contributed by atoms with E-state index in [0.29, 0.717) is 10.0 Å². The molecule has 1 rings (SSSR count). The van der Waals surface area contributed by atoms with Crippen molar-refractivity contribution in [2.75, 3.05) is 0 Å². The maximum Gasteiger partial charge on any atom is 0.124 e. The van der Waals surface area contributed by atoms with Crippen molar-refractivity contribution in [2.45, 2.75) is 19.3 Å². The van der Waals surface area contributed by atoms with Crippen LogP contribution in [0.15, 0.2) is 22.7 Å². The van der Waals surface area contributed by atoms with Gasteiger partial charge in [-0.15, -0.1) is 0 Å². The number of nitrogens with zero attached hydrogens (tertiary/aromatic N) is 1. The molecule has 13 heavy (non-hydrogen) atoms. The van der Waals surface area contributed by atoms with Crippen molar-refractivity contribution in [3.63, 3.8) is 0 Å². The number of benzene rings is 1. The van der Waals surface area contributed by atoms with Crippen LogP contribution in [0.1, 0.15) is 19.4 Å². The maximum atomic E-state index is 13.0. The number of nitriles is 1. The van der Waals surface area contributed by atoms with E-state index in [1.165, 1.54) is 12.1 Å². The summed E-state index contributed by atoms with van der Waals surface area (Å²) in [5.41, 5.74) is 0.0341. The van der Waals surface area contributed by atoms with E-state index in [9.17, 15) is 4.39 Å². The molecule has 0 saturated heterocycles. The zero-order valence-corrected chi connectivity index (χ0v) is 9.02. The zero-order valence-electron chi connectivity index (χ0n) is 7.44. The molecule has 0 heterocycles. The highest BCUT2D eigenvalue weighted by Gasteiger charge is 2.20. The van der Waals surface area contributed by atoms with Crippen LogP contribution in [0.4, 0.5) is 4.39 Å². The number of hydrogen-bond acceptors (Lipinski definition) is 1. The third kappa shape index (κ3) is 2.28. The van der Waals surface area contributed by atoms with Crippen LogP contribution in [0.25, 0.3) is 0 Å². The van der Waals surface area contributed by atoms with Crippen molar-refractivity contribution in [2.24, 2.45) is 0 Å². The summed E-state index contributed by atoms with van der Waals surface area (Å²) in [6.07, 6.45) is 0. The van der Waals surface area contributed by atoms with Crippen molar-refractivity contribution >= 4 is 15.9 Å². The van der Waals surface area contributed by atoms with Crippen LogP contribution in [0.3, 0.4) is 0 Å². The molecule has 0 aromatic heterocycles. The minimum Gasteiger partial charge on any atom is -0.207 e. The van der Waals surface area contributed by atoms with Crippen LogP contribution in [0, 0.1) is 17.1 Å². The van der Waals surface area contributed by atoms with Crippen molar-refractivity contribution in [3.05, 3.63) is 34.1 Å². The summed E-state index contributed by atoms with van der Waals surface area (Å²) in [6, 6.07) is 6.64. The SMILES string of the molecule is CC(C)(C#N)c1cc(F)cc(Br)c1. The van der Waals surface area contributed by atoms with Gasteiger partial charge in [0.2, 0.25) is 0 Å². The minimum absolute atomic E-state index is 0.326. The smallest absolute Gasteiger partial charge is 0.124 e. The Morgan fingerprint density at radius 3 is 2.46 bits per heavy atom. The monoisotopic (exact) mass is 241 g/mol. The van der Waals surface area contributed by atoms with Gasteiger partial charge in [-0.3, -0.25) is 0 Å². The highest BCUT2D eigenvalue weighted by Crippen LogP contribution is 2.26. The molecule has 0 bridgehead atoms. The van der Waals surface area contributed by atoms with Gasteiger partial charge < -0.3 is 0 Å². The fraction of sp³-hybridized carbons (Fsp3) is 0.300. The zero-order chi connectivity index (χ0) is 10.1. The van der Waals surface area contributed by atoms with E-state index in [-0.39, 0.29) is 5.82 Å². The van der Waals surface area contributed by atoms with Gasteiger partial charge in [0.1, 0.15) is 5.82 Å². The summed E-state index contributed by atoms with van der Waals surface area (Å²) in [4.78, 5) is 0. The van der Waals surface area contributed by atoms with Crippen molar-refractivity contribution in [3.8, 4) is 6.07 Å². The molecular weight excluding hydrogens is 233 g/mol. The van der Waals surface area contributed by atoms with Crippen LogP contribution >= 0.6 is 15.9 Å². The van der Waals surface area contributed by atoms with E-state index in [4.69, 9.17) is 5.26 Å². The van der Waals surface area contributed by atoms with Gasteiger partial charge in [-0.1, -0.05) is 15.9 Å². The largest absolute Gasteiger partial charge is 0.207 e. The van der Waals surface area contributed by atoms with Crippen LogP contribution in [0.2, 0.25) is 0 Å². The second-order valence-electron chi connectivity index (χ2n) is 3.39. The maximum absolute atomic E-state index is 13.0. The average Bonchev–Trinajstić information content (AvgIpc) is 2.02. The molecule has 1 aromatic carbocycles. The first-order valence-electron chi connectivity index (χ1n) is 3.83. The number of halogens is 2. The Bertz CT molecular complexity index is 345. The molecular formula is C10H9BrFN. The molecule has 1 nitrogen and oxygen atoms in total. The first kappa shape index (κ1) is 10.2. The number of hydrogen-bond donors (Lipinski definition) is 0. The topological polar surface area (TPSA) is 23.8 Å². The van der Waals surface area contributed by atoms with Gasteiger partial charge in [0, 0.05) is 4.47 Å². The Morgan fingerprint density at radius 2 is 2.00 bits per heavy atom. The minimum atomic E-state index is -0.648. The van der Waals surface area contributed by atoms with Crippen LogP contribution < -0.4 is 0 Å². The van der Waals surface area contributed by atoms with Crippen LogP contribution in [-0.2, 0) is 5.41 Å². The van der Waals surface area contributed by atoms with Gasteiger partial charge in [0.25, 0.3) is 0 Å². The van der Waals surface area contributed by atoms with Gasteiger partial charge in [-0.25, -0.2) is 4.39 Å². The fourth-order valence-electron chi connectivity index (χ4n) is 0.979. The molecule has 1 aromatic rings. The molecule has 0 saturated carbocycles. The first-order valence-corrected chi connectivity index (χ1v) is 4.63. The summed E-state index contributed by atoms with van der Waals surface area (Å²) in [5.74, 6) is -0.326. The fourth-order valence-corrected chi connectivity index (χ4v) is 1.44. The highest BCUT2D eigenvalue weighted by molar-refractivity contribution is 9.10. The van der Waals surface area contributed by atoms with E-state index in [1.54, 1.807) is 19.9 Å². The molecule has 68 valence electrons. The molecule has 3 heteroatoms. The van der Waals surface area contributed by atoms with Gasteiger partial charge in [0.05, 0.1) is 11.5 Å². The van der Waals surface area contributed by atoms with E-state index in [0.717, 1.165) is 0 Å². The quantitative estimate of drug-likeness (QED) is 0.740. The normalized spacial score (nSPS) is 11.0. The second kappa shape index (κ2) is 3.47. The molecule has 0 aliphatic heterocycles. The summed E-state index contributed by atoms with van der Waals surface area (Å²) >= 11 is 3.19. The molecule has 0 N–H and O–H groups in total. The van der Waals surface area contributed by atoms with Crippen LogP contribution in [0.5, 0.6) is 0 Å². The van der Waals surface area contributed by atoms with Crippen LogP contribution in [-0.4, -0.2) is 0 Å². The molecule has 0 spiro atoms. The van der Waals surface area contributed by atoms with Crippen molar-refractivity contribution in [1.82, 2.24) is 0 Å². The Hall–Kier alpha value is -0.880. The number of rotatable bonds is 1. The lowest BCUT2D eigenvalue weighted by Crippen LogP contribution is -2.13. The highest BCUT2D eigenvalue weighted by atomic mass is 79.9. The van der Waals surface area contributed by atoms with Crippen molar-refractivity contribution in [1.29, 1.82) is 5.26 Å². The summed E-state index contributed by atoms with van der Waals surface area (Å²) in [6.45, 7) is 3.52. The van der Waals surface area contributed by atoms with E-state index < -0.39 is 5.41 Å². The molecule has 0 atom stereocenters. The molecule has 0 radical (unpaired) electrons. The summed E-state index contributed by atoms with van der Waals surface area (Å²) in [7, 11) is 0. The van der Waals surface area contributed by atoms with E-state index >= 15 is 0 Å². The Balaban J connectivity index is 3.25.